The number of piperidine rings is 1. The monoisotopic (exact) mass is 463 g/mol. The van der Waals surface area contributed by atoms with Crippen molar-refractivity contribution >= 4 is 28.5 Å². The number of hydrogen-bond donors (Lipinski definition) is 3. The van der Waals surface area contributed by atoms with Crippen molar-refractivity contribution in [1.82, 2.24) is 24.8 Å². The first-order valence-electron chi connectivity index (χ1n) is 10.5. The van der Waals surface area contributed by atoms with Gasteiger partial charge in [-0.15, -0.1) is 0 Å². The number of ether oxygens (including phenoxy) is 1. The number of pyridine rings is 1. The van der Waals surface area contributed by atoms with E-state index >= 15 is 0 Å². The molecule has 1 unspecified atom stereocenters. The Bertz CT molecular complexity index is 1080. The highest BCUT2D eigenvalue weighted by Crippen LogP contribution is 2.30. The van der Waals surface area contributed by atoms with Gasteiger partial charge in [-0.3, -0.25) is 9.91 Å². The molecule has 172 valence electrons. The number of methoxy groups -OCH3 is 1. The molecular weight excluding hydrogens is 437 g/mol. The topological polar surface area (TPSA) is 116 Å². The number of β-amino-alcohol motifs (C(OH)–C–C–N with tert-alkyl or cyclic N) is 1. The molecule has 0 bridgehead atoms. The summed E-state index contributed by atoms with van der Waals surface area (Å²) in [4.78, 5) is 18.0. The van der Waals surface area contributed by atoms with Gasteiger partial charge in [0.25, 0.3) is 0 Å². The third-order valence-corrected chi connectivity index (χ3v) is 6.10. The van der Waals surface area contributed by atoms with Crippen LogP contribution in [-0.2, 0) is 4.74 Å². The summed E-state index contributed by atoms with van der Waals surface area (Å²) in [5.74, 6) is 6.38. The van der Waals surface area contributed by atoms with Gasteiger partial charge in [0, 0.05) is 43.5 Å². The number of aromatic nitrogens is 4. The van der Waals surface area contributed by atoms with Crippen LogP contribution in [0.15, 0.2) is 24.7 Å². The minimum absolute atomic E-state index is 0.0236. The van der Waals surface area contributed by atoms with Gasteiger partial charge in [0.1, 0.15) is 5.65 Å². The third kappa shape index (κ3) is 4.69. The molecule has 1 saturated heterocycles. The molecule has 1 fully saturated rings. The summed E-state index contributed by atoms with van der Waals surface area (Å²) in [6.07, 6.45) is 4.66. The van der Waals surface area contributed by atoms with Crippen molar-refractivity contribution in [3.63, 3.8) is 0 Å². The van der Waals surface area contributed by atoms with E-state index in [-0.39, 0.29) is 24.4 Å². The van der Waals surface area contributed by atoms with Crippen molar-refractivity contribution in [3.8, 4) is 11.4 Å². The maximum Gasteiger partial charge on any atom is 0.185 e. The number of H-pyrrole nitrogens is 1. The van der Waals surface area contributed by atoms with E-state index in [2.05, 4.69) is 31.8 Å². The first-order chi connectivity index (χ1) is 15.4. The summed E-state index contributed by atoms with van der Waals surface area (Å²) < 4.78 is 19.8. The van der Waals surface area contributed by atoms with Crippen LogP contribution in [0.2, 0.25) is 5.02 Å². The lowest BCUT2D eigenvalue weighted by atomic mass is 9.92. The van der Waals surface area contributed by atoms with Gasteiger partial charge >= 0.3 is 0 Å². The lowest BCUT2D eigenvalue weighted by molar-refractivity contribution is 0.0264. The highest BCUT2D eigenvalue weighted by Gasteiger charge is 2.32. The molecular formula is C21H27ClFN7O2. The van der Waals surface area contributed by atoms with Crippen molar-refractivity contribution in [1.29, 1.82) is 0 Å². The Balaban J connectivity index is 1.60. The van der Waals surface area contributed by atoms with Crippen LogP contribution in [0.1, 0.15) is 13.3 Å². The summed E-state index contributed by atoms with van der Waals surface area (Å²) in [6, 6.07) is 1.57. The number of anilines is 1. The minimum Gasteiger partial charge on any atom is -0.389 e. The van der Waals surface area contributed by atoms with Crippen molar-refractivity contribution in [2.75, 3.05) is 38.4 Å². The summed E-state index contributed by atoms with van der Waals surface area (Å²) >= 11 is 6.09. The van der Waals surface area contributed by atoms with Crippen LogP contribution in [0.25, 0.3) is 22.4 Å². The van der Waals surface area contributed by atoms with Crippen LogP contribution < -0.4 is 10.9 Å². The Morgan fingerprint density at radius 1 is 1.44 bits per heavy atom. The number of rotatable bonds is 7. The number of fused-ring (bicyclic) bond motifs is 1. The van der Waals surface area contributed by atoms with Crippen molar-refractivity contribution in [3.05, 3.63) is 35.5 Å². The highest BCUT2D eigenvalue weighted by atomic mass is 35.5. The van der Waals surface area contributed by atoms with Crippen molar-refractivity contribution in [2.45, 2.75) is 25.5 Å². The van der Waals surface area contributed by atoms with E-state index in [9.17, 15) is 9.50 Å². The Hall–Kier alpha value is -2.37. The fraction of sp³-hybridized carbons (Fsp3) is 0.476. The summed E-state index contributed by atoms with van der Waals surface area (Å²) in [7, 11) is 1.55. The average Bonchev–Trinajstić information content (AvgIpc) is 3.18. The van der Waals surface area contributed by atoms with Crippen LogP contribution in [0, 0.1) is 11.7 Å². The number of nitrogens with one attached hydrogen (secondary N) is 1. The predicted molar refractivity (Wildman–Crippen MR) is 121 cm³/mol. The fourth-order valence-corrected chi connectivity index (χ4v) is 4.33. The molecule has 3 atom stereocenters. The molecule has 0 spiro atoms. The minimum atomic E-state index is -0.601. The van der Waals surface area contributed by atoms with Gasteiger partial charge in [0.05, 0.1) is 30.0 Å². The van der Waals surface area contributed by atoms with Gasteiger partial charge in [0.15, 0.2) is 17.5 Å². The Kier molecular flexibility index (Phi) is 6.87. The zero-order valence-electron chi connectivity index (χ0n) is 18.0. The van der Waals surface area contributed by atoms with Crippen LogP contribution in [0.4, 0.5) is 10.2 Å². The number of hydrazine groups is 1. The number of hydrogen-bond acceptors (Lipinski definition) is 8. The number of nitrogens with two attached hydrogens (primary N) is 1. The van der Waals surface area contributed by atoms with Crippen molar-refractivity contribution < 1.29 is 14.2 Å². The summed E-state index contributed by atoms with van der Waals surface area (Å²) in [6.45, 7) is 4.21. The zero-order chi connectivity index (χ0) is 22.8. The molecule has 0 aromatic carbocycles. The standard InChI is InChI=1S/C21H27ClFN7O2/c1-12-3-4-29(9-14(31)11-32-2)10-18(12)30(24)21-17(23)8-27-20(28-21)16-7-26-19-15(16)5-13(22)6-25-19/h5-8,12,14,18,31H,3-4,9-11,24H2,1-2H3,(H,25,26)/t12-,14?,18+/m0/s1. The quantitative estimate of drug-likeness (QED) is 0.360. The number of nitrogens with zero attached hydrogens (tertiary/aromatic N) is 5. The summed E-state index contributed by atoms with van der Waals surface area (Å²) in [5.41, 5.74) is 1.29. The van der Waals surface area contributed by atoms with Crippen LogP contribution in [-0.4, -0.2) is 75.4 Å². The zero-order valence-corrected chi connectivity index (χ0v) is 18.8. The van der Waals surface area contributed by atoms with Crippen LogP contribution >= 0.6 is 11.6 Å². The Labute approximate surface area is 190 Å². The normalized spacial score (nSPS) is 20.6. The first kappa shape index (κ1) is 22.8. The average molecular weight is 464 g/mol. The predicted octanol–water partition coefficient (Wildman–Crippen LogP) is 2.21. The molecule has 0 aliphatic carbocycles. The molecule has 1 aliphatic heterocycles. The summed E-state index contributed by atoms with van der Waals surface area (Å²) in [5, 5.41) is 12.7. The number of halogens is 2. The van der Waals surface area contributed by atoms with E-state index in [0.717, 1.165) is 24.5 Å². The van der Waals surface area contributed by atoms with Gasteiger partial charge in [-0.25, -0.2) is 25.2 Å². The second-order valence-corrected chi connectivity index (χ2v) is 8.66. The number of aliphatic hydroxyl groups excluding tert-OH is 1. The number of likely N-dealkylation sites (tertiary alicyclic amines) is 1. The van der Waals surface area contributed by atoms with E-state index < -0.39 is 11.9 Å². The highest BCUT2D eigenvalue weighted by molar-refractivity contribution is 6.31. The molecule has 0 amide bonds. The fourth-order valence-electron chi connectivity index (χ4n) is 4.17. The van der Waals surface area contributed by atoms with Gasteiger partial charge < -0.3 is 14.8 Å². The van der Waals surface area contributed by atoms with E-state index in [0.29, 0.717) is 35.1 Å². The van der Waals surface area contributed by atoms with Crippen LogP contribution in [0.5, 0.6) is 0 Å². The van der Waals surface area contributed by atoms with Gasteiger partial charge in [-0.05, 0) is 24.9 Å². The molecule has 3 aromatic rings. The SMILES string of the molecule is COCC(O)CN1CC[C@H](C)[C@H](N(N)c2nc(-c3c[nH]c4ncc(Cl)cc34)ncc2F)C1. The van der Waals surface area contributed by atoms with Gasteiger partial charge in [-0.2, -0.15) is 0 Å². The van der Waals surface area contributed by atoms with Gasteiger partial charge in [-0.1, -0.05) is 18.5 Å². The molecule has 4 N–H and O–H groups in total. The lowest BCUT2D eigenvalue weighted by Crippen LogP contribution is -2.56. The third-order valence-electron chi connectivity index (χ3n) is 5.90. The second-order valence-electron chi connectivity index (χ2n) is 8.23. The van der Waals surface area contributed by atoms with Crippen LogP contribution in [0.3, 0.4) is 0 Å². The molecule has 0 saturated carbocycles. The largest absolute Gasteiger partial charge is 0.389 e. The molecule has 11 heteroatoms. The molecule has 32 heavy (non-hydrogen) atoms. The molecule has 9 nitrogen and oxygen atoms in total. The lowest BCUT2D eigenvalue weighted by Gasteiger charge is -2.42. The van der Waals surface area contributed by atoms with Gasteiger partial charge in [0.2, 0.25) is 0 Å². The van der Waals surface area contributed by atoms with E-state index in [1.54, 1.807) is 25.6 Å². The Morgan fingerprint density at radius 3 is 3.03 bits per heavy atom. The first-order valence-corrected chi connectivity index (χ1v) is 10.8. The number of aliphatic hydroxyl groups is 1. The van der Waals surface area contributed by atoms with E-state index in [1.165, 1.54) is 5.01 Å². The van der Waals surface area contributed by atoms with Crippen molar-refractivity contribution in [2.24, 2.45) is 11.8 Å². The maximum absolute atomic E-state index is 14.8. The smallest absolute Gasteiger partial charge is 0.185 e. The second kappa shape index (κ2) is 9.63. The van der Waals surface area contributed by atoms with E-state index in [4.69, 9.17) is 22.2 Å². The molecule has 4 heterocycles. The Morgan fingerprint density at radius 2 is 2.25 bits per heavy atom. The molecule has 0 radical (unpaired) electrons. The maximum atomic E-state index is 14.8. The molecule has 4 rings (SSSR count). The molecule has 1 aliphatic rings. The molecule has 3 aromatic heterocycles. The number of aromatic amines is 1. The van der Waals surface area contributed by atoms with E-state index in [1.807, 2.05) is 0 Å².